The summed E-state index contributed by atoms with van der Waals surface area (Å²) in [6, 6.07) is 14.2. The first-order chi connectivity index (χ1) is 13.0. The normalized spacial score (nSPS) is 13.9. The number of likely N-dealkylation sites (N-methyl/N-ethyl adjacent to an activating group) is 1. The number of fused-ring (bicyclic) bond motifs is 1. The number of rotatable bonds is 5. The number of benzene rings is 2. The van der Waals surface area contributed by atoms with Crippen molar-refractivity contribution in [1.82, 2.24) is 10.2 Å². The van der Waals surface area contributed by atoms with E-state index in [9.17, 15) is 14.4 Å². The molecule has 0 aliphatic carbocycles. The van der Waals surface area contributed by atoms with Crippen molar-refractivity contribution in [2.75, 3.05) is 32.1 Å². The first-order valence-electron chi connectivity index (χ1n) is 8.54. The Morgan fingerprint density at radius 1 is 1.11 bits per heavy atom. The topological polar surface area (TPSA) is 79.0 Å². The molecule has 0 saturated heterocycles. The molecule has 0 saturated carbocycles. The first kappa shape index (κ1) is 18.4. The number of hydrogen-bond donors (Lipinski definition) is 1. The molecular formula is C20H21N3O4. The molecule has 1 aliphatic heterocycles. The van der Waals surface area contributed by atoms with Crippen molar-refractivity contribution < 1.29 is 19.1 Å². The van der Waals surface area contributed by atoms with Gasteiger partial charge in [-0.3, -0.25) is 14.4 Å². The second-order valence-corrected chi connectivity index (χ2v) is 6.28. The minimum atomic E-state index is -0.300. The van der Waals surface area contributed by atoms with Crippen molar-refractivity contribution in [3.63, 3.8) is 0 Å². The zero-order valence-corrected chi connectivity index (χ0v) is 15.3. The van der Waals surface area contributed by atoms with E-state index < -0.39 is 0 Å². The maximum atomic E-state index is 12.6. The van der Waals surface area contributed by atoms with Gasteiger partial charge in [-0.2, -0.15) is 0 Å². The molecule has 2 aromatic rings. The summed E-state index contributed by atoms with van der Waals surface area (Å²) in [5.74, 6) is -0.0907. The lowest BCUT2D eigenvalue weighted by atomic mass is 10.1. The van der Waals surface area contributed by atoms with Crippen LogP contribution >= 0.6 is 0 Å². The molecule has 1 heterocycles. The molecule has 0 fully saturated rings. The van der Waals surface area contributed by atoms with Gasteiger partial charge in [0.15, 0.2) is 0 Å². The molecule has 1 N–H and O–H groups in total. The summed E-state index contributed by atoms with van der Waals surface area (Å²) in [6.45, 7) is 0.123. The molecule has 7 heteroatoms. The Hall–Kier alpha value is -3.35. The van der Waals surface area contributed by atoms with Crippen molar-refractivity contribution >= 4 is 23.4 Å². The average Bonchev–Trinajstić information content (AvgIpc) is 2.77. The molecule has 0 aromatic heterocycles. The van der Waals surface area contributed by atoms with Crippen LogP contribution in [0.4, 0.5) is 5.69 Å². The van der Waals surface area contributed by atoms with E-state index in [2.05, 4.69) is 5.32 Å². The van der Waals surface area contributed by atoms with Gasteiger partial charge in [0.2, 0.25) is 11.8 Å². The Bertz CT molecular complexity index is 864. The Morgan fingerprint density at radius 3 is 2.52 bits per heavy atom. The van der Waals surface area contributed by atoms with Crippen molar-refractivity contribution in [2.45, 2.75) is 6.54 Å². The lowest BCUT2D eigenvalue weighted by molar-refractivity contribution is -0.124. The minimum Gasteiger partial charge on any atom is -0.497 e. The summed E-state index contributed by atoms with van der Waals surface area (Å²) < 4.78 is 5.11. The van der Waals surface area contributed by atoms with E-state index in [1.807, 2.05) is 24.3 Å². The second-order valence-electron chi connectivity index (χ2n) is 6.28. The maximum Gasteiger partial charge on any atom is 0.256 e. The molecule has 0 spiro atoms. The zero-order valence-electron chi connectivity index (χ0n) is 15.3. The number of anilines is 1. The Labute approximate surface area is 157 Å². The predicted molar refractivity (Wildman–Crippen MR) is 101 cm³/mol. The first-order valence-corrected chi connectivity index (χ1v) is 8.54. The quantitative estimate of drug-likeness (QED) is 0.867. The van der Waals surface area contributed by atoms with Gasteiger partial charge >= 0.3 is 0 Å². The highest BCUT2D eigenvalue weighted by Gasteiger charge is 2.30. The predicted octanol–water partition coefficient (Wildman–Crippen LogP) is 1.43. The van der Waals surface area contributed by atoms with E-state index in [4.69, 9.17) is 4.74 Å². The summed E-state index contributed by atoms with van der Waals surface area (Å²) in [4.78, 5) is 40.1. The van der Waals surface area contributed by atoms with Crippen LogP contribution in [-0.4, -0.2) is 49.9 Å². The fourth-order valence-electron chi connectivity index (χ4n) is 2.91. The van der Waals surface area contributed by atoms with E-state index >= 15 is 0 Å². The lowest BCUT2D eigenvalue weighted by Gasteiger charge is -2.21. The highest BCUT2D eigenvalue weighted by atomic mass is 16.5. The SMILES string of the molecule is COc1ccc(CNC(=O)CN2C(=O)CN(C)C(=O)c3ccccc32)cc1. The molecule has 0 radical (unpaired) electrons. The van der Waals surface area contributed by atoms with Crippen molar-refractivity contribution in [2.24, 2.45) is 0 Å². The maximum absolute atomic E-state index is 12.6. The van der Waals surface area contributed by atoms with E-state index in [0.29, 0.717) is 17.8 Å². The number of nitrogens with zero attached hydrogens (tertiary/aromatic N) is 2. The second kappa shape index (κ2) is 7.90. The zero-order chi connectivity index (χ0) is 19.4. The van der Waals surface area contributed by atoms with E-state index in [1.54, 1.807) is 38.4 Å². The number of amides is 3. The molecule has 140 valence electrons. The highest BCUT2D eigenvalue weighted by molar-refractivity contribution is 6.11. The van der Waals surface area contributed by atoms with Gasteiger partial charge in [-0.05, 0) is 29.8 Å². The molecule has 3 rings (SSSR count). The molecule has 0 bridgehead atoms. The minimum absolute atomic E-state index is 0.0702. The Morgan fingerprint density at radius 2 is 1.81 bits per heavy atom. The summed E-state index contributed by atoms with van der Waals surface area (Å²) in [7, 11) is 3.17. The summed E-state index contributed by atoms with van der Waals surface area (Å²) in [5.41, 5.74) is 1.78. The number of carbonyl (C=O) groups is 3. The molecule has 2 aromatic carbocycles. The molecule has 7 nitrogen and oxygen atoms in total. The Kier molecular flexibility index (Phi) is 5.40. The highest BCUT2D eigenvalue weighted by Crippen LogP contribution is 2.24. The van der Waals surface area contributed by atoms with Gasteiger partial charge in [0.25, 0.3) is 5.91 Å². The van der Waals surface area contributed by atoms with Crippen molar-refractivity contribution in [3.8, 4) is 5.75 Å². The van der Waals surface area contributed by atoms with Crippen molar-refractivity contribution in [1.29, 1.82) is 0 Å². The fraction of sp³-hybridized carbons (Fsp3) is 0.250. The summed E-state index contributed by atoms with van der Waals surface area (Å²) >= 11 is 0. The van der Waals surface area contributed by atoms with Crippen LogP contribution in [0.15, 0.2) is 48.5 Å². The standard InChI is InChI=1S/C20H21N3O4/c1-22-13-19(25)23(17-6-4-3-5-16(17)20(22)26)12-18(24)21-11-14-7-9-15(27-2)10-8-14/h3-10H,11-13H2,1-2H3,(H,21,24). The third-order valence-corrected chi connectivity index (χ3v) is 4.40. The molecule has 27 heavy (non-hydrogen) atoms. The van der Waals surface area contributed by atoms with Crippen LogP contribution in [0.2, 0.25) is 0 Å². The Balaban J connectivity index is 1.71. The molecular weight excluding hydrogens is 346 g/mol. The summed E-state index contributed by atoms with van der Waals surface area (Å²) in [6.07, 6.45) is 0. The van der Waals surface area contributed by atoms with Crippen LogP contribution in [0.1, 0.15) is 15.9 Å². The van der Waals surface area contributed by atoms with Gasteiger partial charge in [-0.1, -0.05) is 24.3 Å². The van der Waals surface area contributed by atoms with E-state index in [-0.39, 0.29) is 30.8 Å². The van der Waals surface area contributed by atoms with Gasteiger partial charge in [-0.15, -0.1) is 0 Å². The molecule has 0 atom stereocenters. The third kappa shape index (κ3) is 4.08. The van der Waals surface area contributed by atoms with Crippen LogP contribution < -0.4 is 15.0 Å². The van der Waals surface area contributed by atoms with Crippen LogP contribution in [0, 0.1) is 0 Å². The number of ether oxygens (including phenoxy) is 1. The van der Waals surface area contributed by atoms with Crippen LogP contribution in [0.25, 0.3) is 0 Å². The number of carbonyl (C=O) groups excluding carboxylic acids is 3. The van der Waals surface area contributed by atoms with Gasteiger partial charge < -0.3 is 19.9 Å². The van der Waals surface area contributed by atoms with Crippen LogP contribution in [0.3, 0.4) is 0 Å². The van der Waals surface area contributed by atoms with Crippen LogP contribution in [-0.2, 0) is 16.1 Å². The van der Waals surface area contributed by atoms with Crippen LogP contribution in [0.5, 0.6) is 5.75 Å². The average molecular weight is 367 g/mol. The largest absolute Gasteiger partial charge is 0.497 e. The van der Waals surface area contributed by atoms with Gasteiger partial charge in [0.05, 0.1) is 18.4 Å². The third-order valence-electron chi connectivity index (χ3n) is 4.40. The summed E-state index contributed by atoms with van der Waals surface area (Å²) in [5, 5.41) is 2.81. The van der Waals surface area contributed by atoms with E-state index in [0.717, 1.165) is 11.3 Å². The number of para-hydroxylation sites is 1. The molecule has 0 unspecified atom stereocenters. The fourth-order valence-corrected chi connectivity index (χ4v) is 2.91. The molecule has 1 aliphatic rings. The smallest absolute Gasteiger partial charge is 0.256 e. The van der Waals surface area contributed by atoms with Gasteiger partial charge in [-0.25, -0.2) is 0 Å². The number of nitrogens with one attached hydrogen (secondary N) is 1. The van der Waals surface area contributed by atoms with Crippen molar-refractivity contribution in [3.05, 3.63) is 59.7 Å². The molecule has 3 amide bonds. The number of hydrogen-bond acceptors (Lipinski definition) is 4. The van der Waals surface area contributed by atoms with Gasteiger partial charge in [0, 0.05) is 13.6 Å². The number of methoxy groups -OCH3 is 1. The van der Waals surface area contributed by atoms with Gasteiger partial charge in [0.1, 0.15) is 18.8 Å². The lowest BCUT2D eigenvalue weighted by Crippen LogP contribution is -2.43. The monoisotopic (exact) mass is 367 g/mol. The van der Waals surface area contributed by atoms with E-state index in [1.165, 1.54) is 9.80 Å².